The van der Waals surface area contributed by atoms with Crippen molar-refractivity contribution in [1.82, 2.24) is 9.55 Å². The Kier molecular flexibility index (Phi) is 8.34. The van der Waals surface area contributed by atoms with Gasteiger partial charge in [0.05, 0.1) is 12.2 Å². The highest BCUT2D eigenvalue weighted by atomic mass is 16.5. The Morgan fingerprint density at radius 1 is 1.21 bits per heavy atom. The summed E-state index contributed by atoms with van der Waals surface area (Å²) in [4.78, 5) is 27.1. The summed E-state index contributed by atoms with van der Waals surface area (Å²) in [6.45, 7) is 1.77. The number of nitrogens with zero attached hydrogens (tertiary/aromatic N) is 1. The summed E-state index contributed by atoms with van der Waals surface area (Å²) in [6.07, 6.45) is 16.8. The number of ether oxygens (including phenoxy) is 1. The van der Waals surface area contributed by atoms with Crippen molar-refractivity contribution in [1.29, 1.82) is 0 Å². The fourth-order valence-electron chi connectivity index (χ4n) is 3.49. The third-order valence-electron chi connectivity index (χ3n) is 5.09. The fourth-order valence-corrected chi connectivity index (χ4v) is 3.49. The van der Waals surface area contributed by atoms with Crippen LogP contribution in [0.2, 0.25) is 0 Å². The van der Waals surface area contributed by atoms with Crippen LogP contribution in [0, 0.1) is 36.5 Å². The van der Waals surface area contributed by atoms with Crippen LogP contribution in [0.15, 0.2) is 15.8 Å². The number of terminal acetylenes is 2. The smallest absolute Gasteiger partial charge is 0.330 e. The van der Waals surface area contributed by atoms with Gasteiger partial charge in [-0.2, -0.15) is 0 Å². The Balaban J connectivity index is 2.30. The van der Waals surface area contributed by atoms with Crippen LogP contribution in [0.5, 0.6) is 0 Å². The van der Waals surface area contributed by atoms with Gasteiger partial charge in [-0.25, -0.2) is 4.79 Å². The van der Waals surface area contributed by atoms with E-state index in [9.17, 15) is 14.7 Å². The molecule has 6 heteroatoms. The van der Waals surface area contributed by atoms with Crippen molar-refractivity contribution < 1.29 is 9.84 Å². The molecule has 2 heterocycles. The molecule has 1 aromatic heterocycles. The first kappa shape index (κ1) is 22.6. The third-order valence-corrected chi connectivity index (χ3v) is 5.09. The van der Waals surface area contributed by atoms with E-state index in [-0.39, 0.29) is 12.0 Å². The van der Waals surface area contributed by atoms with Gasteiger partial charge in [0.1, 0.15) is 5.56 Å². The first-order valence-electron chi connectivity index (χ1n) is 10.0. The molecule has 2 N–H and O–H groups in total. The lowest BCUT2D eigenvalue weighted by Gasteiger charge is -2.31. The van der Waals surface area contributed by atoms with Crippen molar-refractivity contribution in [3.8, 4) is 36.5 Å². The highest BCUT2D eigenvalue weighted by Crippen LogP contribution is 2.38. The van der Waals surface area contributed by atoms with E-state index in [1.54, 1.807) is 6.92 Å². The molecular formula is C23H28N2O4. The van der Waals surface area contributed by atoms with Gasteiger partial charge in [0.15, 0.2) is 5.72 Å². The van der Waals surface area contributed by atoms with Gasteiger partial charge in [0, 0.05) is 31.9 Å². The van der Waals surface area contributed by atoms with Gasteiger partial charge in [-0.3, -0.25) is 14.3 Å². The zero-order valence-electron chi connectivity index (χ0n) is 16.9. The average Bonchev–Trinajstić information content (AvgIpc) is 2.97. The van der Waals surface area contributed by atoms with Gasteiger partial charge in [-0.15, -0.1) is 24.7 Å². The van der Waals surface area contributed by atoms with Crippen LogP contribution in [0.3, 0.4) is 0 Å². The van der Waals surface area contributed by atoms with E-state index in [0.717, 1.165) is 25.7 Å². The first-order chi connectivity index (χ1) is 13.9. The van der Waals surface area contributed by atoms with E-state index >= 15 is 0 Å². The molecule has 154 valence electrons. The largest absolute Gasteiger partial charge is 0.390 e. The van der Waals surface area contributed by atoms with Gasteiger partial charge in [0.25, 0.3) is 5.56 Å². The summed E-state index contributed by atoms with van der Waals surface area (Å²) >= 11 is 0. The van der Waals surface area contributed by atoms with Crippen LogP contribution in [0.4, 0.5) is 0 Å². The van der Waals surface area contributed by atoms with Crippen LogP contribution < -0.4 is 11.2 Å². The number of H-pyrrole nitrogens is 1. The van der Waals surface area contributed by atoms with Crippen LogP contribution in [-0.4, -0.2) is 26.9 Å². The Morgan fingerprint density at radius 3 is 2.48 bits per heavy atom. The molecule has 0 spiro atoms. The molecule has 0 saturated carbocycles. The van der Waals surface area contributed by atoms with E-state index in [0.29, 0.717) is 25.7 Å². The van der Waals surface area contributed by atoms with Crippen molar-refractivity contribution in [3.63, 3.8) is 0 Å². The van der Waals surface area contributed by atoms with Gasteiger partial charge in [-0.1, -0.05) is 11.8 Å². The molecular weight excluding hydrogens is 368 g/mol. The Labute approximate surface area is 171 Å². The highest BCUT2D eigenvalue weighted by Gasteiger charge is 2.45. The fraction of sp³-hybridized carbons (Fsp3) is 0.565. The number of aliphatic hydroxyl groups excluding tert-OH is 1. The van der Waals surface area contributed by atoms with Crippen LogP contribution >= 0.6 is 0 Å². The number of hydrogen-bond acceptors (Lipinski definition) is 4. The second-order valence-corrected chi connectivity index (χ2v) is 7.34. The standard InChI is InChI=1S/C23H28N2O4/c1-4-6-8-10-11-12-14-19-17-25(22(28)24-21(19)27)23(15-13-9-7-5-2)16-20(26)18(3)29-23/h1-2,17-18,20,26H,6-11,13,15-16H2,3H3,(H,24,27,28)/t18-,20+,23-/m1/s1. The zero-order chi connectivity index (χ0) is 21.3. The predicted molar refractivity (Wildman–Crippen MR) is 112 cm³/mol. The van der Waals surface area contributed by atoms with E-state index in [2.05, 4.69) is 28.7 Å². The number of aromatic nitrogens is 2. The summed E-state index contributed by atoms with van der Waals surface area (Å²) in [5.41, 5.74) is -1.94. The monoisotopic (exact) mass is 396 g/mol. The summed E-state index contributed by atoms with van der Waals surface area (Å²) < 4.78 is 7.42. The molecule has 1 aliphatic heterocycles. The minimum absolute atomic E-state index is 0.196. The molecule has 0 aliphatic carbocycles. The maximum absolute atomic E-state index is 12.6. The molecule has 0 bridgehead atoms. The molecule has 1 saturated heterocycles. The van der Waals surface area contributed by atoms with Crippen molar-refractivity contribution >= 4 is 0 Å². The third kappa shape index (κ3) is 5.88. The number of aliphatic hydroxyl groups is 1. The minimum atomic E-state index is -1.03. The zero-order valence-corrected chi connectivity index (χ0v) is 16.9. The summed E-state index contributed by atoms with van der Waals surface area (Å²) in [5, 5.41) is 10.3. The summed E-state index contributed by atoms with van der Waals surface area (Å²) in [7, 11) is 0. The first-order valence-corrected chi connectivity index (χ1v) is 10.0. The number of hydrogen-bond donors (Lipinski definition) is 2. The Hall–Kier alpha value is -2.72. The van der Waals surface area contributed by atoms with Crippen molar-refractivity contribution in [2.24, 2.45) is 0 Å². The van der Waals surface area contributed by atoms with Gasteiger partial charge >= 0.3 is 5.69 Å². The second-order valence-electron chi connectivity index (χ2n) is 7.34. The average molecular weight is 396 g/mol. The lowest BCUT2D eigenvalue weighted by Crippen LogP contribution is -2.44. The van der Waals surface area contributed by atoms with Gasteiger partial charge in [-0.05, 0) is 39.0 Å². The number of rotatable bonds is 8. The van der Waals surface area contributed by atoms with Crippen LogP contribution in [0.25, 0.3) is 0 Å². The van der Waals surface area contributed by atoms with E-state index in [1.807, 2.05) is 0 Å². The molecule has 6 nitrogen and oxygen atoms in total. The van der Waals surface area contributed by atoms with Crippen molar-refractivity contribution in [3.05, 3.63) is 32.6 Å². The summed E-state index contributed by atoms with van der Waals surface area (Å²) in [6, 6.07) is 0. The molecule has 1 aromatic rings. The van der Waals surface area contributed by atoms with E-state index < -0.39 is 29.2 Å². The number of aromatic amines is 1. The quantitative estimate of drug-likeness (QED) is 0.521. The second kappa shape index (κ2) is 10.7. The summed E-state index contributed by atoms with van der Waals surface area (Å²) in [5.74, 6) is 11.0. The van der Waals surface area contributed by atoms with Gasteiger partial charge in [0.2, 0.25) is 0 Å². The lowest BCUT2D eigenvalue weighted by atomic mass is 9.99. The van der Waals surface area contributed by atoms with Crippen molar-refractivity contribution in [2.75, 3.05) is 0 Å². The number of nitrogens with one attached hydrogen (secondary N) is 1. The van der Waals surface area contributed by atoms with Crippen LogP contribution in [-0.2, 0) is 10.5 Å². The normalized spacial score (nSPS) is 23.0. The number of unbranched alkanes of at least 4 members (excludes halogenated alkanes) is 5. The Bertz CT molecular complexity index is 939. The van der Waals surface area contributed by atoms with Crippen molar-refractivity contribution in [2.45, 2.75) is 82.6 Å². The molecule has 0 unspecified atom stereocenters. The maximum atomic E-state index is 12.6. The molecule has 2 rings (SSSR count). The van der Waals surface area contributed by atoms with E-state index in [4.69, 9.17) is 17.6 Å². The molecule has 1 fully saturated rings. The lowest BCUT2D eigenvalue weighted by molar-refractivity contribution is -0.106. The molecule has 1 aliphatic rings. The molecule has 0 amide bonds. The highest BCUT2D eigenvalue weighted by molar-refractivity contribution is 5.29. The van der Waals surface area contributed by atoms with Crippen LogP contribution in [0.1, 0.15) is 70.3 Å². The molecule has 3 atom stereocenters. The minimum Gasteiger partial charge on any atom is -0.390 e. The van der Waals surface area contributed by atoms with E-state index in [1.165, 1.54) is 10.8 Å². The topological polar surface area (TPSA) is 84.3 Å². The molecule has 29 heavy (non-hydrogen) atoms. The van der Waals surface area contributed by atoms with Gasteiger partial charge < -0.3 is 9.84 Å². The molecule has 0 radical (unpaired) electrons. The molecule has 0 aromatic carbocycles. The SMILES string of the molecule is C#CCCCCC#Cc1cn([C@@]2(CCCCC#C)C[C@H](O)[C@@H](C)O2)c(=O)[nH]c1=O. The maximum Gasteiger partial charge on any atom is 0.330 e. The predicted octanol–water partition coefficient (Wildman–Crippen LogP) is 2.10. The Morgan fingerprint density at radius 2 is 1.86 bits per heavy atom.